The van der Waals surface area contributed by atoms with Gasteiger partial charge in [0.2, 0.25) is 0 Å². The van der Waals surface area contributed by atoms with Crippen LogP contribution in [0.3, 0.4) is 0 Å². The van der Waals surface area contributed by atoms with E-state index in [0.717, 1.165) is 29.6 Å². The zero-order valence-electron chi connectivity index (χ0n) is 14.3. The molecule has 0 aromatic heterocycles. The molecule has 0 aliphatic heterocycles. The van der Waals surface area contributed by atoms with Gasteiger partial charge in [0, 0.05) is 0 Å². The van der Waals surface area contributed by atoms with Crippen molar-refractivity contribution in [3.05, 3.63) is 11.8 Å². The summed E-state index contributed by atoms with van der Waals surface area (Å²) in [4.78, 5) is 0. The van der Waals surface area contributed by atoms with Crippen molar-refractivity contribution in [1.29, 1.82) is 0 Å². The summed E-state index contributed by atoms with van der Waals surface area (Å²) in [6, 6.07) is 0. The number of rotatable bonds is 0. The molecule has 0 amide bonds. The summed E-state index contributed by atoms with van der Waals surface area (Å²) in [6.07, 6.45) is 4.42. The summed E-state index contributed by atoms with van der Waals surface area (Å²) in [5.41, 5.74) is 0. The monoisotopic (exact) mass is 354 g/mol. The van der Waals surface area contributed by atoms with Gasteiger partial charge in [-0.2, -0.15) is 0 Å². The Bertz CT molecular complexity index is 194. The van der Waals surface area contributed by atoms with Gasteiger partial charge in [-0.05, 0) is 41.4 Å². The van der Waals surface area contributed by atoms with Crippen LogP contribution >= 0.6 is 18.6 Å². The van der Waals surface area contributed by atoms with Crippen LogP contribution in [0, 0.1) is 41.4 Å². The topological polar surface area (TPSA) is 0 Å². The van der Waals surface area contributed by atoms with E-state index in [-0.39, 0.29) is 0 Å². The first-order valence-electron chi connectivity index (χ1n) is 7.91. The van der Waals surface area contributed by atoms with Crippen molar-refractivity contribution >= 4 is 18.6 Å². The summed E-state index contributed by atoms with van der Waals surface area (Å²) in [7, 11) is 9.78. The number of hydrogen-bond acceptors (Lipinski definition) is 0. The standard InChI is InChI=1S/C10H18.C7H14.2ClH.Ti/c1-6-7(2)9(4)10(5)8(6)3;1-6-4-3-5-7(6)2;;;/h6-8H,1-5H3;6-7H,3-5H2,1-2H3;2*1H;/q;;;;+2/p-2. The van der Waals surface area contributed by atoms with Crippen LogP contribution in [0.4, 0.5) is 0 Å². The molecular weight excluding hydrogens is 323 g/mol. The molecule has 4 unspecified atom stereocenters. The maximum absolute atomic E-state index is 4.89. The molecule has 2 radical (unpaired) electrons. The molecule has 4 atom stereocenters. The van der Waals surface area contributed by atoms with E-state index in [1.807, 2.05) is 0 Å². The van der Waals surface area contributed by atoms with Crippen LogP contribution in [0.5, 0.6) is 0 Å². The van der Waals surface area contributed by atoms with Gasteiger partial charge >= 0.3 is 35.6 Å². The molecule has 2 rings (SSSR count). The molecule has 118 valence electrons. The van der Waals surface area contributed by atoms with Crippen LogP contribution in [-0.4, -0.2) is 0 Å². The van der Waals surface area contributed by atoms with Crippen molar-refractivity contribution in [2.75, 3.05) is 0 Å². The third kappa shape index (κ3) is 6.59. The van der Waals surface area contributed by atoms with Gasteiger partial charge in [-0.25, -0.2) is 0 Å². The Kier molecular flexibility index (Phi) is 11.6. The Morgan fingerprint density at radius 2 is 1.10 bits per heavy atom. The van der Waals surface area contributed by atoms with Crippen molar-refractivity contribution in [1.82, 2.24) is 0 Å². The van der Waals surface area contributed by atoms with Gasteiger partial charge < -0.3 is 0 Å². The Morgan fingerprint density at radius 1 is 0.800 bits per heavy atom. The van der Waals surface area contributed by atoms with E-state index in [4.69, 9.17) is 18.6 Å². The van der Waals surface area contributed by atoms with E-state index < -0.39 is 17.0 Å². The second-order valence-corrected chi connectivity index (χ2v) is 9.34. The van der Waals surface area contributed by atoms with Gasteiger partial charge in [-0.15, -0.1) is 0 Å². The summed E-state index contributed by atoms with van der Waals surface area (Å²) in [5, 5.41) is 0. The van der Waals surface area contributed by atoms with Crippen molar-refractivity contribution in [3.8, 4) is 0 Å². The minimum absolute atomic E-state index is 0.556. The number of halogens is 2. The first-order valence-corrected chi connectivity index (χ1v) is 12.2. The van der Waals surface area contributed by atoms with E-state index in [1.54, 1.807) is 11.8 Å². The molecule has 2 aliphatic carbocycles. The fourth-order valence-corrected chi connectivity index (χ4v) is 3.27. The van der Waals surface area contributed by atoms with Gasteiger partial charge in [0.25, 0.3) is 0 Å². The van der Waals surface area contributed by atoms with Gasteiger partial charge in [0.15, 0.2) is 0 Å². The summed E-state index contributed by atoms with van der Waals surface area (Å²) in [5.74, 6) is 7.77. The normalized spacial score (nSPS) is 37.8. The quantitative estimate of drug-likeness (QED) is 0.414. The molecule has 0 heterocycles. The van der Waals surface area contributed by atoms with Gasteiger partial charge in [0.05, 0.1) is 0 Å². The first-order chi connectivity index (χ1) is 9.27. The Balaban J connectivity index is 0.000000315. The van der Waals surface area contributed by atoms with E-state index >= 15 is 0 Å². The summed E-state index contributed by atoms with van der Waals surface area (Å²) < 4.78 is 0. The molecule has 0 bridgehead atoms. The van der Waals surface area contributed by atoms with Gasteiger partial charge in [0.1, 0.15) is 0 Å². The van der Waals surface area contributed by atoms with Crippen LogP contribution in [0.1, 0.15) is 67.7 Å². The third-order valence-corrected chi connectivity index (χ3v) is 5.86. The van der Waals surface area contributed by atoms with Crippen molar-refractivity contribution in [2.45, 2.75) is 67.7 Å². The van der Waals surface area contributed by atoms with Crippen molar-refractivity contribution in [2.24, 2.45) is 29.6 Å². The zero-order chi connectivity index (χ0) is 15.9. The average molecular weight is 355 g/mol. The predicted molar refractivity (Wildman–Crippen MR) is 89.2 cm³/mol. The Morgan fingerprint density at radius 3 is 1.20 bits per heavy atom. The molecule has 3 heteroatoms. The van der Waals surface area contributed by atoms with E-state index in [0.29, 0.717) is 0 Å². The molecule has 0 aromatic carbocycles. The molecule has 0 saturated heterocycles. The van der Waals surface area contributed by atoms with E-state index in [9.17, 15) is 0 Å². The van der Waals surface area contributed by atoms with E-state index in [1.165, 1.54) is 19.3 Å². The van der Waals surface area contributed by atoms with Crippen LogP contribution < -0.4 is 0 Å². The molecule has 0 N–H and O–H groups in total. The molecule has 0 spiro atoms. The molecule has 2 saturated carbocycles. The van der Waals surface area contributed by atoms with Crippen molar-refractivity contribution in [3.63, 3.8) is 0 Å². The third-order valence-electron chi connectivity index (χ3n) is 5.86. The molecule has 20 heavy (non-hydrogen) atoms. The fraction of sp³-hybridized carbons (Fsp3) is 0.882. The molecular formula is C17H32Cl2Ti. The first kappa shape index (κ1) is 21.3. The molecule has 2 fully saturated rings. The predicted octanol–water partition coefficient (Wildman–Crippen LogP) is 6.92. The molecule has 0 nitrogen and oxygen atoms in total. The zero-order valence-corrected chi connectivity index (χ0v) is 17.3. The van der Waals surface area contributed by atoms with Crippen LogP contribution in [0.2, 0.25) is 0 Å². The van der Waals surface area contributed by atoms with E-state index in [2.05, 4.69) is 48.5 Å². The molecule has 0 aromatic rings. The second-order valence-electron chi connectivity index (χ2n) is 6.76. The molecule has 2 aliphatic rings. The maximum atomic E-state index is 4.89. The fourth-order valence-electron chi connectivity index (χ4n) is 3.27. The summed E-state index contributed by atoms with van der Waals surface area (Å²) >= 11 is -0.556. The summed E-state index contributed by atoms with van der Waals surface area (Å²) in [6.45, 7) is 16.3. The SMILES string of the molecule is CC1CCCC1C.C[C]1[C](C)C(C)C(C)C1C.[Cl][Ti][Cl]. The Labute approximate surface area is 144 Å². The van der Waals surface area contributed by atoms with Gasteiger partial charge in [-0.3, -0.25) is 0 Å². The minimum atomic E-state index is -0.556. The average Bonchev–Trinajstić information content (AvgIpc) is 2.86. The van der Waals surface area contributed by atoms with Gasteiger partial charge in [-0.1, -0.05) is 67.7 Å². The second kappa shape index (κ2) is 10.9. The van der Waals surface area contributed by atoms with Crippen LogP contribution in [0.25, 0.3) is 0 Å². The van der Waals surface area contributed by atoms with Crippen LogP contribution in [0.15, 0.2) is 0 Å². The number of hydrogen-bond donors (Lipinski definition) is 0. The Hall–Kier alpha value is 1.29. The van der Waals surface area contributed by atoms with Crippen LogP contribution in [-0.2, 0) is 17.0 Å². The van der Waals surface area contributed by atoms with Crippen molar-refractivity contribution < 1.29 is 17.0 Å².